The van der Waals surface area contributed by atoms with Gasteiger partial charge in [-0.3, -0.25) is 9.59 Å². The van der Waals surface area contributed by atoms with Crippen LogP contribution in [0.5, 0.6) is 0 Å². The first kappa shape index (κ1) is 13.4. The molecule has 3 aliphatic carbocycles. The largest absolute Gasteiger partial charge is 0.481 e. The summed E-state index contributed by atoms with van der Waals surface area (Å²) in [6.45, 7) is 0.487. The van der Waals surface area contributed by atoms with E-state index in [0.29, 0.717) is 6.54 Å². The lowest BCUT2D eigenvalue weighted by molar-refractivity contribution is -0.153. The number of thiophene rings is 1. The fraction of sp³-hybridized carbons (Fsp3) is 0.467. The summed E-state index contributed by atoms with van der Waals surface area (Å²) in [6, 6.07) is 3.91. The minimum atomic E-state index is -0.847. The van der Waals surface area contributed by atoms with E-state index >= 15 is 0 Å². The van der Waals surface area contributed by atoms with Crippen molar-refractivity contribution in [2.24, 2.45) is 23.7 Å². The van der Waals surface area contributed by atoms with E-state index in [1.807, 2.05) is 29.7 Å². The third-order valence-corrected chi connectivity index (χ3v) is 5.23. The molecule has 5 heteroatoms. The van der Waals surface area contributed by atoms with Crippen LogP contribution < -0.4 is 5.32 Å². The highest BCUT2D eigenvalue weighted by molar-refractivity contribution is 7.09. The van der Waals surface area contributed by atoms with E-state index in [4.69, 9.17) is 0 Å². The molecule has 1 aromatic heterocycles. The molecule has 0 aliphatic heterocycles. The number of carboxylic acid groups (broad SMARTS) is 1. The first-order valence-corrected chi connectivity index (χ1v) is 7.76. The van der Waals surface area contributed by atoms with E-state index in [1.54, 1.807) is 11.3 Å². The van der Waals surface area contributed by atoms with Gasteiger partial charge in [-0.2, -0.15) is 0 Å². The molecule has 20 heavy (non-hydrogen) atoms. The zero-order chi connectivity index (χ0) is 14.1. The van der Waals surface area contributed by atoms with Gasteiger partial charge in [0.25, 0.3) is 0 Å². The zero-order valence-electron chi connectivity index (χ0n) is 11.0. The molecule has 1 amide bonds. The first-order chi connectivity index (χ1) is 9.66. The Labute approximate surface area is 121 Å². The first-order valence-electron chi connectivity index (χ1n) is 6.88. The summed E-state index contributed by atoms with van der Waals surface area (Å²) in [5.74, 6) is -1.87. The summed E-state index contributed by atoms with van der Waals surface area (Å²) >= 11 is 1.59. The summed E-state index contributed by atoms with van der Waals surface area (Å²) < 4.78 is 0. The lowest BCUT2D eigenvalue weighted by Gasteiger charge is -2.41. The number of aliphatic carboxylic acids is 1. The van der Waals surface area contributed by atoms with Crippen molar-refractivity contribution in [2.45, 2.75) is 19.4 Å². The second kappa shape index (κ2) is 5.40. The fourth-order valence-corrected chi connectivity index (χ4v) is 4.04. The lowest BCUT2D eigenvalue weighted by Crippen LogP contribution is -2.48. The molecular weight excluding hydrogens is 274 g/mol. The van der Waals surface area contributed by atoms with Crippen molar-refractivity contribution in [3.63, 3.8) is 0 Å². The average Bonchev–Trinajstić information content (AvgIpc) is 2.98. The van der Waals surface area contributed by atoms with Crippen molar-refractivity contribution in [1.29, 1.82) is 0 Å². The van der Waals surface area contributed by atoms with Crippen molar-refractivity contribution < 1.29 is 14.7 Å². The Morgan fingerprint density at radius 3 is 2.50 bits per heavy atom. The van der Waals surface area contributed by atoms with Crippen molar-refractivity contribution in [3.8, 4) is 0 Å². The monoisotopic (exact) mass is 291 g/mol. The highest BCUT2D eigenvalue weighted by atomic mass is 32.1. The molecule has 1 saturated carbocycles. The third-order valence-electron chi connectivity index (χ3n) is 4.35. The van der Waals surface area contributed by atoms with Crippen LogP contribution in [0.3, 0.4) is 0 Å². The van der Waals surface area contributed by atoms with E-state index < -0.39 is 17.8 Å². The van der Waals surface area contributed by atoms with E-state index in [1.165, 1.54) is 0 Å². The SMILES string of the molecule is O=C(O)[C@@H]1[C@H](C(=O)NCc2cccs2)[C@H]2C=C[C@H]1CC2. The molecule has 3 aliphatic rings. The predicted molar refractivity (Wildman–Crippen MR) is 76.1 cm³/mol. The molecule has 0 unspecified atom stereocenters. The molecule has 0 spiro atoms. The van der Waals surface area contributed by atoms with E-state index in [0.717, 1.165) is 17.7 Å². The Morgan fingerprint density at radius 2 is 1.95 bits per heavy atom. The summed E-state index contributed by atoms with van der Waals surface area (Å²) in [4.78, 5) is 25.0. The summed E-state index contributed by atoms with van der Waals surface area (Å²) in [6.07, 6.45) is 5.81. The normalized spacial score (nSPS) is 31.2. The van der Waals surface area contributed by atoms with Gasteiger partial charge in [-0.25, -0.2) is 0 Å². The van der Waals surface area contributed by atoms with Gasteiger partial charge in [0.2, 0.25) is 5.91 Å². The number of carbonyl (C=O) groups excluding carboxylic acids is 1. The topological polar surface area (TPSA) is 66.4 Å². The van der Waals surface area contributed by atoms with Gasteiger partial charge >= 0.3 is 5.97 Å². The van der Waals surface area contributed by atoms with Gasteiger partial charge in [-0.1, -0.05) is 18.2 Å². The second-order valence-electron chi connectivity index (χ2n) is 5.48. The molecule has 1 aromatic rings. The fourth-order valence-electron chi connectivity index (χ4n) is 3.39. The Morgan fingerprint density at radius 1 is 1.25 bits per heavy atom. The van der Waals surface area contributed by atoms with Crippen LogP contribution in [-0.4, -0.2) is 17.0 Å². The quantitative estimate of drug-likeness (QED) is 0.836. The molecule has 0 saturated heterocycles. The summed E-state index contributed by atoms with van der Waals surface area (Å²) in [5, 5.41) is 14.3. The Kier molecular flexibility index (Phi) is 3.61. The number of allylic oxidation sites excluding steroid dienone is 2. The number of hydrogen-bond acceptors (Lipinski definition) is 3. The van der Waals surface area contributed by atoms with Gasteiger partial charge in [0.1, 0.15) is 0 Å². The second-order valence-corrected chi connectivity index (χ2v) is 6.51. The smallest absolute Gasteiger partial charge is 0.307 e. The molecule has 0 aromatic carbocycles. The highest BCUT2D eigenvalue weighted by Gasteiger charge is 2.48. The number of rotatable bonds is 4. The van der Waals surface area contributed by atoms with Crippen molar-refractivity contribution in [2.75, 3.05) is 0 Å². The molecule has 0 radical (unpaired) electrons. The van der Waals surface area contributed by atoms with Gasteiger partial charge in [-0.05, 0) is 36.1 Å². The molecular formula is C15H17NO3S. The van der Waals surface area contributed by atoms with Gasteiger partial charge in [0, 0.05) is 4.88 Å². The Hall–Kier alpha value is -1.62. The van der Waals surface area contributed by atoms with Crippen LogP contribution in [0, 0.1) is 23.7 Å². The molecule has 1 fully saturated rings. The van der Waals surface area contributed by atoms with Crippen LogP contribution in [0.15, 0.2) is 29.7 Å². The van der Waals surface area contributed by atoms with Crippen LogP contribution in [0.2, 0.25) is 0 Å². The maximum absolute atomic E-state index is 12.4. The van der Waals surface area contributed by atoms with Crippen LogP contribution in [-0.2, 0) is 16.1 Å². The summed E-state index contributed by atoms with van der Waals surface area (Å²) in [7, 11) is 0. The van der Waals surface area contributed by atoms with Gasteiger partial charge in [0.05, 0.1) is 18.4 Å². The van der Waals surface area contributed by atoms with Crippen molar-refractivity contribution in [1.82, 2.24) is 5.32 Å². The molecule has 2 N–H and O–H groups in total. The van der Waals surface area contributed by atoms with Crippen LogP contribution in [0.4, 0.5) is 0 Å². The lowest BCUT2D eigenvalue weighted by atomic mass is 9.62. The van der Waals surface area contributed by atoms with Crippen LogP contribution in [0.25, 0.3) is 0 Å². The molecule has 4 atom stereocenters. The minimum Gasteiger partial charge on any atom is -0.481 e. The highest BCUT2D eigenvalue weighted by Crippen LogP contribution is 2.45. The Bertz CT molecular complexity index is 537. The van der Waals surface area contributed by atoms with Crippen LogP contribution >= 0.6 is 11.3 Å². The molecule has 4 nitrogen and oxygen atoms in total. The molecule has 1 heterocycles. The van der Waals surface area contributed by atoms with E-state index in [9.17, 15) is 14.7 Å². The maximum atomic E-state index is 12.4. The average molecular weight is 291 g/mol. The molecule has 106 valence electrons. The number of carboxylic acids is 1. The number of fused-ring (bicyclic) bond motifs is 2. The van der Waals surface area contributed by atoms with Crippen LogP contribution in [0.1, 0.15) is 17.7 Å². The van der Waals surface area contributed by atoms with Crippen molar-refractivity contribution >= 4 is 23.2 Å². The van der Waals surface area contributed by atoms with Crippen molar-refractivity contribution in [3.05, 3.63) is 34.5 Å². The standard InChI is InChI=1S/C15H17NO3S/c17-14(16-8-11-2-1-7-20-11)12-9-3-5-10(6-4-9)13(12)15(18)19/h1-3,5,7,9-10,12-13H,4,6,8H2,(H,16,17)(H,18,19)/t9-,10-,12+,13-/m0/s1. The van der Waals surface area contributed by atoms with Gasteiger partial charge < -0.3 is 10.4 Å². The Balaban J connectivity index is 1.72. The zero-order valence-corrected chi connectivity index (χ0v) is 11.8. The minimum absolute atomic E-state index is 0.00925. The number of amides is 1. The van der Waals surface area contributed by atoms with E-state index in [2.05, 4.69) is 5.32 Å². The number of hydrogen-bond donors (Lipinski definition) is 2. The molecule has 4 rings (SSSR count). The third kappa shape index (κ3) is 2.38. The number of carbonyl (C=O) groups is 2. The van der Waals surface area contributed by atoms with Gasteiger partial charge in [-0.15, -0.1) is 11.3 Å². The summed E-state index contributed by atoms with van der Waals surface area (Å²) in [5.41, 5.74) is 0. The number of nitrogens with one attached hydrogen (secondary N) is 1. The predicted octanol–water partition coefficient (Wildman–Crippen LogP) is 2.28. The molecule has 2 bridgehead atoms. The van der Waals surface area contributed by atoms with E-state index in [-0.39, 0.29) is 17.7 Å². The maximum Gasteiger partial charge on any atom is 0.307 e. The van der Waals surface area contributed by atoms with Gasteiger partial charge in [0.15, 0.2) is 0 Å².